The summed E-state index contributed by atoms with van der Waals surface area (Å²) in [6.45, 7) is -0.0909. The van der Waals surface area contributed by atoms with Crippen molar-refractivity contribution in [3.05, 3.63) is 93.9 Å². The van der Waals surface area contributed by atoms with Crippen LogP contribution in [0, 0.1) is 0 Å². The highest BCUT2D eigenvalue weighted by Crippen LogP contribution is 2.29. The van der Waals surface area contributed by atoms with E-state index in [1.54, 1.807) is 24.3 Å². The average molecular weight is 402 g/mol. The molecule has 0 bridgehead atoms. The molecule has 3 aromatic rings. The van der Waals surface area contributed by atoms with Gasteiger partial charge in [0.05, 0.1) is 19.2 Å². The molecule has 0 atom stereocenters. The number of amides is 1. The number of rotatable bonds is 5. The number of hydrogen-bond acceptors (Lipinski definition) is 3. The summed E-state index contributed by atoms with van der Waals surface area (Å²) in [6.07, 6.45) is -3.05. The van der Waals surface area contributed by atoms with Crippen LogP contribution in [0.5, 0.6) is 5.75 Å². The molecule has 0 aliphatic carbocycles. The van der Waals surface area contributed by atoms with Gasteiger partial charge < -0.3 is 14.6 Å². The van der Waals surface area contributed by atoms with Gasteiger partial charge in [0.2, 0.25) is 0 Å². The van der Waals surface area contributed by atoms with Crippen LogP contribution in [0.1, 0.15) is 21.5 Å². The number of halogens is 3. The molecule has 1 aromatic heterocycles. The number of methoxy groups -OCH3 is 1. The van der Waals surface area contributed by atoms with E-state index in [2.05, 4.69) is 5.32 Å². The van der Waals surface area contributed by atoms with Crippen molar-refractivity contribution in [2.45, 2.75) is 12.7 Å². The van der Waals surface area contributed by atoms with Crippen LogP contribution >= 0.6 is 0 Å². The largest absolute Gasteiger partial charge is 0.497 e. The van der Waals surface area contributed by atoms with Gasteiger partial charge >= 0.3 is 6.18 Å². The Labute approximate surface area is 164 Å². The first kappa shape index (κ1) is 20.2. The number of pyridine rings is 1. The lowest BCUT2D eigenvalue weighted by molar-refractivity contribution is -0.137. The first-order valence-corrected chi connectivity index (χ1v) is 8.59. The molecule has 2 aromatic carbocycles. The summed E-state index contributed by atoms with van der Waals surface area (Å²) in [6, 6.07) is 14.2. The van der Waals surface area contributed by atoms with Gasteiger partial charge in [0, 0.05) is 11.9 Å². The van der Waals surface area contributed by atoms with Crippen LogP contribution in [-0.2, 0) is 12.7 Å². The summed E-state index contributed by atoms with van der Waals surface area (Å²) >= 11 is 0. The van der Waals surface area contributed by atoms with Crippen molar-refractivity contribution in [2.24, 2.45) is 0 Å². The fourth-order valence-corrected chi connectivity index (χ4v) is 2.75. The second-order valence-electron chi connectivity index (χ2n) is 6.24. The fourth-order valence-electron chi connectivity index (χ4n) is 2.75. The Morgan fingerprint density at radius 3 is 2.45 bits per heavy atom. The third-order valence-electron chi connectivity index (χ3n) is 4.22. The molecular formula is C21H17F3N2O3. The van der Waals surface area contributed by atoms with E-state index >= 15 is 0 Å². The summed E-state index contributed by atoms with van der Waals surface area (Å²) < 4.78 is 44.9. The number of benzene rings is 2. The number of aromatic nitrogens is 1. The van der Waals surface area contributed by atoms with Crippen molar-refractivity contribution < 1.29 is 22.7 Å². The van der Waals surface area contributed by atoms with Gasteiger partial charge in [-0.25, -0.2) is 0 Å². The Kier molecular flexibility index (Phi) is 5.72. The number of nitrogens with one attached hydrogen (secondary N) is 1. The van der Waals surface area contributed by atoms with E-state index in [0.29, 0.717) is 17.0 Å². The normalized spacial score (nSPS) is 11.2. The summed E-state index contributed by atoms with van der Waals surface area (Å²) in [4.78, 5) is 25.1. The Morgan fingerprint density at radius 1 is 1.07 bits per heavy atom. The molecule has 150 valence electrons. The lowest BCUT2D eigenvalue weighted by Crippen LogP contribution is -2.29. The monoisotopic (exact) mass is 402 g/mol. The van der Waals surface area contributed by atoms with E-state index < -0.39 is 23.2 Å². The Bertz CT molecular complexity index is 1070. The molecule has 1 amide bonds. The molecule has 0 aliphatic heterocycles. The second-order valence-corrected chi connectivity index (χ2v) is 6.24. The van der Waals surface area contributed by atoms with Crippen LogP contribution < -0.4 is 15.6 Å². The molecule has 29 heavy (non-hydrogen) atoms. The van der Waals surface area contributed by atoms with Crippen molar-refractivity contribution in [1.29, 1.82) is 0 Å². The van der Waals surface area contributed by atoms with E-state index in [9.17, 15) is 22.8 Å². The quantitative estimate of drug-likeness (QED) is 0.697. The minimum atomic E-state index is -4.47. The topological polar surface area (TPSA) is 60.3 Å². The summed E-state index contributed by atoms with van der Waals surface area (Å²) in [5.41, 5.74) is -0.735. The Hall–Kier alpha value is -3.55. The number of carbonyl (C=O) groups excluding carboxylic acids is 1. The zero-order chi connectivity index (χ0) is 21.0. The zero-order valence-electron chi connectivity index (χ0n) is 15.4. The zero-order valence-corrected chi connectivity index (χ0v) is 15.4. The predicted octanol–water partition coefficient (Wildman–Crippen LogP) is 4.18. The van der Waals surface area contributed by atoms with Crippen molar-refractivity contribution in [2.75, 3.05) is 12.4 Å². The van der Waals surface area contributed by atoms with Gasteiger partial charge in [-0.3, -0.25) is 9.59 Å². The minimum Gasteiger partial charge on any atom is -0.497 e. The van der Waals surface area contributed by atoms with Gasteiger partial charge in [0.1, 0.15) is 11.3 Å². The molecule has 8 heteroatoms. The van der Waals surface area contributed by atoms with Gasteiger partial charge in [0.25, 0.3) is 11.5 Å². The maximum atomic E-state index is 12.9. The molecule has 3 rings (SSSR count). The molecule has 0 saturated carbocycles. The molecule has 5 nitrogen and oxygen atoms in total. The van der Waals surface area contributed by atoms with Crippen molar-refractivity contribution >= 4 is 11.6 Å². The smallest absolute Gasteiger partial charge is 0.416 e. The molecule has 0 unspecified atom stereocenters. The lowest BCUT2D eigenvalue weighted by Gasteiger charge is -2.11. The highest BCUT2D eigenvalue weighted by molar-refractivity contribution is 6.04. The van der Waals surface area contributed by atoms with E-state index in [-0.39, 0.29) is 12.1 Å². The van der Waals surface area contributed by atoms with Gasteiger partial charge in [0.15, 0.2) is 0 Å². The van der Waals surface area contributed by atoms with E-state index in [0.717, 1.165) is 12.1 Å². The molecular weight excluding hydrogens is 385 g/mol. The summed E-state index contributed by atoms with van der Waals surface area (Å²) in [5.74, 6) is 0.00436. The summed E-state index contributed by atoms with van der Waals surface area (Å²) in [7, 11) is 1.52. The van der Waals surface area contributed by atoms with Crippen LogP contribution in [0.15, 0.2) is 71.7 Å². The highest BCUT2D eigenvalue weighted by Gasteiger charge is 2.30. The maximum Gasteiger partial charge on any atom is 0.416 e. The average Bonchev–Trinajstić information content (AvgIpc) is 2.69. The van der Waals surface area contributed by atoms with E-state index in [1.165, 1.54) is 42.1 Å². The third kappa shape index (κ3) is 4.84. The van der Waals surface area contributed by atoms with Crippen LogP contribution in [0.25, 0.3) is 0 Å². The van der Waals surface area contributed by atoms with Crippen molar-refractivity contribution in [3.63, 3.8) is 0 Å². The van der Waals surface area contributed by atoms with Crippen molar-refractivity contribution in [1.82, 2.24) is 4.57 Å². The Morgan fingerprint density at radius 2 is 1.79 bits per heavy atom. The van der Waals surface area contributed by atoms with Gasteiger partial charge in [-0.05, 0) is 54.1 Å². The van der Waals surface area contributed by atoms with E-state index in [1.807, 2.05) is 0 Å². The van der Waals surface area contributed by atoms with Crippen molar-refractivity contribution in [3.8, 4) is 5.75 Å². The highest BCUT2D eigenvalue weighted by atomic mass is 19.4. The number of nitrogens with zero attached hydrogens (tertiary/aromatic N) is 1. The van der Waals surface area contributed by atoms with E-state index in [4.69, 9.17) is 4.74 Å². The van der Waals surface area contributed by atoms with Crippen LogP contribution in [0.2, 0.25) is 0 Å². The van der Waals surface area contributed by atoms with Crippen LogP contribution in [0.3, 0.4) is 0 Å². The summed E-state index contributed by atoms with van der Waals surface area (Å²) in [5, 5.41) is 2.61. The molecule has 1 heterocycles. The SMILES string of the molecule is COc1ccc(NC(=O)c2cccn(Cc3cccc(C(F)(F)F)c3)c2=O)cc1. The Balaban J connectivity index is 1.82. The standard InChI is InChI=1S/C21H17F3N2O3/c1-29-17-9-7-16(8-10-17)25-19(27)18-6-3-11-26(20(18)28)13-14-4-2-5-15(12-14)21(22,23)24/h2-12H,13H2,1H3,(H,25,27). The molecule has 1 N–H and O–H groups in total. The molecule has 0 fully saturated rings. The number of anilines is 1. The molecule has 0 spiro atoms. The van der Waals surface area contributed by atoms with Crippen LogP contribution in [-0.4, -0.2) is 17.6 Å². The lowest BCUT2D eigenvalue weighted by atomic mass is 10.1. The number of hydrogen-bond donors (Lipinski definition) is 1. The third-order valence-corrected chi connectivity index (χ3v) is 4.22. The molecule has 0 saturated heterocycles. The second kappa shape index (κ2) is 8.22. The number of ether oxygens (including phenoxy) is 1. The van der Waals surface area contributed by atoms with Gasteiger partial charge in [-0.2, -0.15) is 13.2 Å². The predicted molar refractivity (Wildman–Crippen MR) is 102 cm³/mol. The first-order valence-electron chi connectivity index (χ1n) is 8.59. The number of carbonyl (C=O) groups is 1. The maximum absolute atomic E-state index is 12.9. The first-order chi connectivity index (χ1) is 13.8. The minimum absolute atomic E-state index is 0.0909. The van der Waals surface area contributed by atoms with Gasteiger partial charge in [-0.1, -0.05) is 12.1 Å². The van der Waals surface area contributed by atoms with Gasteiger partial charge in [-0.15, -0.1) is 0 Å². The fraction of sp³-hybridized carbons (Fsp3) is 0.143. The number of alkyl halides is 3. The van der Waals surface area contributed by atoms with Crippen LogP contribution in [0.4, 0.5) is 18.9 Å². The molecule has 0 radical (unpaired) electrons. The molecule has 0 aliphatic rings.